The highest BCUT2D eigenvalue weighted by Gasteiger charge is 2.13. The first-order valence-corrected chi connectivity index (χ1v) is 6.70. The molecule has 0 aliphatic carbocycles. The maximum atomic E-state index is 11.1. The van der Waals surface area contributed by atoms with Crippen molar-refractivity contribution in [1.82, 2.24) is 14.6 Å². The maximum absolute atomic E-state index is 11.1. The average Bonchev–Trinajstić information content (AvgIpc) is 2.81. The van der Waals surface area contributed by atoms with Crippen LogP contribution in [0.5, 0.6) is 0 Å². The topological polar surface area (TPSA) is 67.5 Å². The van der Waals surface area contributed by atoms with Crippen molar-refractivity contribution in [2.75, 3.05) is 0 Å². The van der Waals surface area contributed by atoms with Gasteiger partial charge in [-0.1, -0.05) is 22.0 Å². The van der Waals surface area contributed by atoms with E-state index in [-0.39, 0.29) is 5.56 Å². The third kappa shape index (κ3) is 2.08. The number of aromatic carboxylic acids is 1. The van der Waals surface area contributed by atoms with Gasteiger partial charge >= 0.3 is 5.97 Å². The van der Waals surface area contributed by atoms with Crippen molar-refractivity contribution in [3.63, 3.8) is 0 Å². The second-order valence-corrected chi connectivity index (χ2v) is 5.31. The van der Waals surface area contributed by atoms with Crippen LogP contribution in [-0.4, -0.2) is 25.7 Å². The highest BCUT2D eigenvalue weighted by Crippen LogP contribution is 2.28. The molecule has 3 rings (SSSR count). The van der Waals surface area contributed by atoms with E-state index in [1.807, 2.05) is 25.1 Å². The Morgan fingerprint density at radius 3 is 2.75 bits per heavy atom. The summed E-state index contributed by atoms with van der Waals surface area (Å²) in [6.07, 6.45) is 1.53. The van der Waals surface area contributed by atoms with Crippen LogP contribution in [0.4, 0.5) is 0 Å². The molecule has 1 N–H and O–H groups in total. The molecule has 0 saturated carbocycles. The number of hydrogen-bond donors (Lipinski definition) is 1. The standard InChI is InChI=1S/C14H10BrN3O2/c1-8-2-4-10(11(15)6-8)13-17-16-12-5-3-9(14(19)20)7-18(12)13/h2-7H,1H3,(H,19,20). The van der Waals surface area contributed by atoms with Crippen LogP contribution in [0.3, 0.4) is 0 Å². The first-order valence-electron chi connectivity index (χ1n) is 5.91. The van der Waals surface area contributed by atoms with Gasteiger partial charge in [0.1, 0.15) is 0 Å². The zero-order chi connectivity index (χ0) is 14.3. The lowest BCUT2D eigenvalue weighted by Crippen LogP contribution is -1.99. The van der Waals surface area contributed by atoms with Gasteiger partial charge in [0.05, 0.1) is 5.56 Å². The van der Waals surface area contributed by atoms with E-state index in [9.17, 15) is 4.79 Å². The summed E-state index contributed by atoms with van der Waals surface area (Å²) in [7, 11) is 0. The third-order valence-electron chi connectivity index (χ3n) is 3.01. The molecule has 20 heavy (non-hydrogen) atoms. The number of carbonyl (C=O) groups is 1. The van der Waals surface area contributed by atoms with Crippen molar-refractivity contribution in [2.45, 2.75) is 6.92 Å². The molecule has 0 atom stereocenters. The van der Waals surface area contributed by atoms with Gasteiger partial charge in [-0.05, 0) is 36.8 Å². The summed E-state index contributed by atoms with van der Waals surface area (Å²) in [5.74, 6) is -0.371. The SMILES string of the molecule is Cc1ccc(-c2nnc3ccc(C(=O)O)cn23)c(Br)c1. The number of carboxylic acid groups (broad SMARTS) is 1. The second kappa shape index (κ2) is 4.72. The van der Waals surface area contributed by atoms with Gasteiger partial charge in [-0.2, -0.15) is 0 Å². The van der Waals surface area contributed by atoms with Gasteiger partial charge < -0.3 is 5.11 Å². The minimum absolute atomic E-state index is 0.196. The number of benzene rings is 1. The van der Waals surface area contributed by atoms with Crippen molar-refractivity contribution in [1.29, 1.82) is 0 Å². The molecular formula is C14H10BrN3O2. The van der Waals surface area contributed by atoms with E-state index < -0.39 is 5.97 Å². The Kier molecular flexibility index (Phi) is 3.02. The molecule has 0 fully saturated rings. The van der Waals surface area contributed by atoms with Crippen LogP contribution in [0.2, 0.25) is 0 Å². The second-order valence-electron chi connectivity index (χ2n) is 4.46. The normalized spacial score (nSPS) is 10.9. The molecule has 3 aromatic rings. The molecule has 5 nitrogen and oxygen atoms in total. The summed E-state index contributed by atoms with van der Waals surface area (Å²) in [6, 6.07) is 9.05. The molecule has 6 heteroatoms. The van der Waals surface area contributed by atoms with Gasteiger partial charge in [0.2, 0.25) is 0 Å². The Bertz CT molecular complexity index is 826. The van der Waals surface area contributed by atoms with Gasteiger partial charge in [0.15, 0.2) is 11.5 Å². The molecule has 0 bridgehead atoms. The molecule has 0 spiro atoms. The Labute approximate surface area is 123 Å². The molecule has 0 radical (unpaired) electrons. The number of aryl methyl sites for hydroxylation is 1. The highest BCUT2D eigenvalue weighted by molar-refractivity contribution is 9.10. The van der Waals surface area contributed by atoms with Crippen LogP contribution in [0.25, 0.3) is 17.0 Å². The van der Waals surface area contributed by atoms with Crippen molar-refractivity contribution in [3.05, 3.63) is 52.1 Å². The number of pyridine rings is 1. The smallest absolute Gasteiger partial charge is 0.337 e. The number of aromatic nitrogens is 3. The zero-order valence-electron chi connectivity index (χ0n) is 10.5. The molecule has 2 aromatic heterocycles. The van der Waals surface area contributed by atoms with Gasteiger partial charge in [-0.25, -0.2) is 4.79 Å². The van der Waals surface area contributed by atoms with E-state index in [0.717, 1.165) is 15.6 Å². The van der Waals surface area contributed by atoms with E-state index in [0.29, 0.717) is 11.5 Å². The first-order chi connectivity index (χ1) is 9.56. The minimum Gasteiger partial charge on any atom is -0.478 e. The van der Waals surface area contributed by atoms with Crippen molar-refractivity contribution in [3.8, 4) is 11.4 Å². The Hall–Kier alpha value is -2.21. The quantitative estimate of drug-likeness (QED) is 0.783. The van der Waals surface area contributed by atoms with Crippen LogP contribution in [0.15, 0.2) is 41.0 Å². The number of halogens is 1. The molecule has 0 aliphatic heterocycles. The van der Waals surface area contributed by atoms with Crippen LogP contribution in [0, 0.1) is 6.92 Å². The molecule has 100 valence electrons. The Balaban J connectivity index is 2.25. The predicted molar refractivity (Wildman–Crippen MR) is 77.8 cm³/mol. The summed E-state index contributed by atoms with van der Waals surface area (Å²) >= 11 is 3.50. The van der Waals surface area contributed by atoms with Gasteiger partial charge in [-0.3, -0.25) is 4.40 Å². The Morgan fingerprint density at radius 1 is 1.25 bits per heavy atom. The summed E-state index contributed by atoms with van der Waals surface area (Å²) in [4.78, 5) is 11.1. The number of nitrogens with zero attached hydrogens (tertiary/aromatic N) is 3. The summed E-state index contributed by atoms with van der Waals surface area (Å²) in [5.41, 5.74) is 2.80. The molecule has 0 aliphatic rings. The summed E-state index contributed by atoms with van der Waals surface area (Å²) < 4.78 is 2.58. The van der Waals surface area contributed by atoms with E-state index in [1.165, 1.54) is 12.3 Å². The van der Waals surface area contributed by atoms with Crippen molar-refractivity contribution < 1.29 is 9.90 Å². The van der Waals surface area contributed by atoms with Crippen LogP contribution in [0.1, 0.15) is 15.9 Å². The lowest BCUT2D eigenvalue weighted by Gasteiger charge is -2.04. The highest BCUT2D eigenvalue weighted by atomic mass is 79.9. The lowest BCUT2D eigenvalue weighted by molar-refractivity contribution is 0.0696. The average molecular weight is 332 g/mol. The fourth-order valence-corrected chi connectivity index (χ4v) is 2.67. The van der Waals surface area contributed by atoms with Gasteiger partial charge in [0.25, 0.3) is 0 Å². The minimum atomic E-state index is -0.977. The van der Waals surface area contributed by atoms with E-state index in [1.54, 1.807) is 10.5 Å². The summed E-state index contributed by atoms with van der Waals surface area (Å²) in [6.45, 7) is 2.00. The van der Waals surface area contributed by atoms with Crippen LogP contribution >= 0.6 is 15.9 Å². The number of carboxylic acids is 1. The van der Waals surface area contributed by atoms with Crippen LogP contribution < -0.4 is 0 Å². The zero-order valence-corrected chi connectivity index (χ0v) is 12.1. The number of rotatable bonds is 2. The lowest BCUT2D eigenvalue weighted by atomic mass is 10.1. The van der Waals surface area contributed by atoms with Crippen LogP contribution in [-0.2, 0) is 0 Å². The molecule has 2 heterocycles. The largest absolute Gasteiger partial charge is 0.478 e. The fourth-order valence-electron chi connectivity index (χ4n) is 2.00. The number of fused-ring (bicyclic) bond motifs is 1. The number of hydrogen-bond acceptors (Lipinski definition) is 3. The third-order valence-corrected chi connectivity index (χ3v) is 3.67. The fraction of sp³-hybridized carbons (Fsp3) is 0.0714. The van der Waals surface area contributed by atoms with Gasteiger partial charge in [-0.15, -0.1) is 10.2 Å². The summed E-state index contributed by atoms with van der Waals surface area (Å²) in [5, 5.41) is 17.3. The molecule has 0 saturated heterocycles. The molecular weight excluding hydrogens is 322 g/mol. The predicted octanol–water partition coefficient (Wildman–Crippen LogP) is 3.17. The van der Waals surface area contributed by atoms with E-state index >= 15 is 0 Å². The van der Waals surface area contributed by atoms with E-state index in [4.69, 9.17) is 5.11 Å². The molecule has 0 unspecified atom stereocenters. The van der Waals surface area contributed by atoms with Crippen molar-refractivity contribution in [2.24, 2.45) is 0 Å². The first kappa shape index (κ1) is 12.8. The molecule has 1 aromatic carbocycles. The Morgan fingerprint density at radius 2 is 2.05 bits per heavy atom. The molecule has 0 amide bonds. The monoisotopic (exact) mass is 331 g/mol. The maximum Gasteiger partial charge on any atom is 0.337 e. The van der Waals surface area contributed by atoms with Crippen molar-refractivity contribution >= 4 is 27.5 Å². The van der Waals surface area contributed by atoms with Gasteiger partial charge in [0, 0.05) is 16.2 Å². The van der Waals surface area contributed by atoms with E-state index in [2.05, 4.69) is 26.1 Å².